The van der Waals surface area contributed by atoms with Gasteiger partial charge in [-0.2, -0.15) is 0 Å². The Morgan fingerprint density at radius 1 is 1.08 bits per heavy atom. The van der Waals surface area contributed by atoms with E-state index < -0.39 is 17.6 Å². The van der Waals surface area contributed by atoms with Crippen LogP contribution in [0.5, 0.6) is 5.75 Å². The molecule has 0 unspecified atom stereocenters. The average molecular weight is 324 g/mol. The van der Waals surface area contributed by atoms with Gasteiger partial charge in [-0.3, -0.25) is 19.3 Å². The molecule has 6 heteroatoms. The number of para-hydroxylation sites is 3. The summed E-state index contributed by atoms with van der Waals surface area (Å²) in [5.74, 6) is -1.13. The number of amides is 2. The minimum absolute atomic E-state index is 0.234. The van der Waals surface area contributed by atoms with Gasteiger partial charge >= 0.3 is 0 Å². The Bertz CT molecular complexity index is 816. The SMILES string of the molecule is CCOc1ccccc1NC(=O)CN1C(=O)C(=O)c2ccccc21. The van der Waals surface area contributed by atoms with Crippen molar-refractivity contribution in [1.29, 1.82) is 0 Å². The van der Waals surface area contributed by atoms with Crippen molar-refractivity contribution in [2.45, 2.75) is 6.92 Å². The first kappa shape index (κ1) is 15.7. The third kappa shape index (κ3) is 2.86. The summed E-state index contributed by atoms with van der Waals surface area (Å²) in [5, 5.41) is 2.72. The van der Waals surface area contributed by atoms with Crippen molar-refractivity contribution in [3.63, 3.8) is 0 Å². The van der Waals surface area contributed by atoms with E-state index >= 15 is 0 Å². The van der Waals surface area contributed by atoms with Crippen LogP contribution >= 0.6 is 0 Å². The lowest BCUT2D eigenvalue weighted by Crippen LogP contribution is -2.37. The molecule has 0 atom stereocenters. The maximum absolute atomic E-state index is 12.3. The van der Waals surface area contributed by atoms with E-state index in [1.807, 2.05) is 6.92 Å². The van der Waals surface area contributed by atoms with Crippen LogP contribution in [0.15, 0.2) is 48.5 Å². The van der Waals surface area contributed by atoms with E-state index in [-0.39, 0.29) is 6.54 Å². The van der Waals surface area contributed by atoms with Gasteiger partial charge < -0.3 is 10.1 Å². The molecule has 1 aliphatic rings. The van der Waals surface area contributed by atoms with Crippen LogP contribution < -0.4 is 15.0 Å². The fourth-order valence-corrected chi connectivity index (χ4v) is 2.59. The summed E-state index contributed by atoms with van der Waals surface area (Å²) in [6, 6.07) is 13.7. The first-order chi connectivity index (χ1) is 11.6. The van der Waals surface area contributed by atoms with E-state index in [2.05, 4.69) is 5.32 Å². The Kier molecular flexibility index (Phi) is 4.29. The zero-order valence-corrected chi connectivity index (χ0v) is 13.1. The summed E-state index contributed by atoms with van der Waals surface area (Å²) in [5.41, 5.74) is 1.31. The quantitative estimate of drug-likeness (QED) is 0.856. The third-order valence-corrected chi connectivity index (χ3v) is 3.64. The summed E-state index contributed by atoms with van der Waals surface area (Å²) in [6.07, 6.45) is 0. The second kappa shape index (κ2) is 6.54. The van der Waals surface area contributed by atoms with E-state index in [1.165, 1.54) is 4.90 Å². The van der Waals surface area contributed by atoms with Gasteiger partial charge in [0, 0.05) is 0 Å². The zero-order chi connectivity index (χ0) is 17.1. The van der Waals surface area contributed by atoms with Gasteiger partial charge in [0.05, 0.1) is 23.5 Å². The highest BCUT2D eigenvalue weighted by molar-refractivity contribution is 6.52. The highest BCUT2D eigenvalue weighted by Crippen LogP contribution is 2.29. The van der Waals surface area contributed by atoms with E-state index in [1.54, 1.807) is 48.5 Å². The van der Waals surface area contributed by atoms with E-state index in [4.69, 9.17) is 4.74 Å². The van der Waals surface area contributed by atoms with Crippen molar-refractivity contribution in [1.82, 2.24) is 0 Å². The molecule has 1 N–H and O–H groups in total. The van der Waals surface area contributed by atoms with Crippen molar-refractivity contribution in [2.24, 2.45) is 0 Å². The Morgan fingerprint density at radius 2 is 1.79 bits per heavy atom. The molecule has 3 rings (SSSR count). The lowest BCUT2D eigenvalue weighted by atomic mass is 10.1. The topological polar surface area (TPSA) is 75.7 Å². The molecular weight excluding hydrogens is 308 g/mol. The number of carbonyl (C=O) groups excluding carboxylic acids is 3. The van der Waals surface area contributed by atoms with E-state index in [0.717, 1.165) is 0 Å². The highest BCUT2D eigenvalue weighted by Gasteiger charge is 2.36. The Balaban J connectivity index is 1.77. The normalized spacial score (nSPS) is 13.0. The molecule has 2 aromatic rings. The maximum Gasteiger partial charge on any atom is 0.299 e. The van der Waals surface area contributed by atoms with Crippen molar-refractivity contribution in [2.75, 3.05) is 23.4 Å². The summed E-state index contributed by atoms with van der Waals surface area (Å²) in [6.45, 7) is 2.09. The minimum Gasteiger partial charge on any atom is -0.492 e. The van der Waals surface area contributed by atoms with Crippen LogP contribution in [0.2, 0.25) is 0 Å². The molecular formula is C18H16N2O4. The number of fused-ring (bicyclic) bond motifs is 1. The number of nitrogens with zero attached hydrogens (tertiary/aromatic N) is 1. The molecule has 0 saturated heterocycles. The first-order valence-electron chi connectivity index (χ1n) is 7.58. The highest BCUT2D eigenvalue weighted by atomic mass is 16.5. The molecule has 0 spiro atoms. The minimum atomic E-state index is -0.690. The number of hydrogen-bond donors (Lipinski definition) is 1. The van der Waals surface area contributed by atoms with Gasteiger partial charge in [0.25, 0.3) is 11.7 Å². The smallest absolute Gasteiger partial charge is 0.299 e. The van der Waals surface area contributed by atoms with Crippen molar-refractivity contribution in [3.8, 4) is 5.75 Å². The Hall–Kier alpha value is -3.15. The summed E-state index contributed by atoms with van der Waals surface area (Å²) < 4.78 is 5.45. The fourth-order valence-electron chi connectivity index (χ4n) is 2.59. The Morgan fingerprint density at radius 3 is 2.58 bits per heavy atom. The number of anilines is 2. The summed E-state index contributed by atoms with van der Waals surface area (Å²) >= 11 is 0. The molecule has 1 aliphatic heterocycles. The van der Waals surface area contributed by atoms with Gasteiger partial charge in [-0.05, 0) is 31.2 Å². The zero-order valence-electron chi connectivity index (χ0n) is 13.1. The number of nitrogens with one attached hydrogen (secondary N) is 1. The molecule has 122 valence electrons. The van der Waals surface area contributed by atoms with Crippen LogP contribution in [0.3, 0.4) is 0 Å². The predicted octanol–water partition coefficient (Wildman–Crippen LogP) is 2.25. The molecule has 0 saturated carbocycles. The molecule has 24 heavy (non-hydrogen) atoms. The number of carbonyl (C=O) groups is 3. The number of hydrogen-bond acceptors (Lipinski definition) is 4. The molecule has 6 nitrogen and oxygen atoms in total. The molecule has 2 amide bonds. The number of ether oxygens (including phenoxy) is 1. The van der Waals surface area contributed by atoms with Crippen LogP contribution in [0.25, 0.3) is 0 Å². The van der Waals surface area contributed by atoms with Crippen LogP contribution in [0.1, 0.15) is 17.3 Å². The molecule has 0 aliphatic carbocycles. The van der Waals surface area contributed by atoms with Gasteiger partial charge in [-0.1, -0.05) is 24.3 Å². The van der Waals surface area contributed by atoms with Crippen LogP contribution in [-0.4, -0.2) is 30.7 Å². The van der Waals surface area contributed by atoms with Crippen molar-refractivity contribution in [3.05, 3.63) is 54.1 Å². The lowest BCUT2D eigenvalue weighted by molar-refractivity contribution is -0.118. The molecule has 2 aromatic carbocycles. The van der Waals surface area contributed by atoms with Crippen LogP contribution in [-0.2, 0) is 9.59 Å². The molecule has 0 aromatic heterocycles. The van der Waals surface area contributed by atoms with Gasteiger partial charge in [0.1, 0.15) is 12.3 Å². The molecule has 1 heterocycles. The summed E-state index contributed by atoms with van der Waals surface area (Å²) in [4.78, 5) is 37.5. The van der Waals surface area contributed by atoms with Crippen LogP contribution in [0, 0.1) is 0 Å². The van der Waals surface area contributed by atoms with E-state index in [0.29, 0.717) is 29.3 Å². The lowest BCUT2D eigenvalue weighted by Gasteiger charge is -2.17. The maximum atomic E-state index is 12.3. The monoisotopic (exact) mass is 324 g/mol. The fraction of sp³-hybridized carbons (Fsp3) is 0.167. The van der Waals surface area contributed by atoms with Gasteiger partial charge in [-0.25, -0.2) is 0 Å². The number of ketones is 1. The summed E-state index contributed by atoms with van der Waals surface area (Å²) in [7, 11) is 0. The Labute approximate surface area is 139 Å². The largest absolute Gasteiger partial charge is 0.492 e. The molecule has 0 bridgehead atoms. The van der Waals surface area contributed by atoms with Crippen molar-refractivity contribution < 1.29 is 19.1 Å². The van der Waals surface area contributed by atoms with E-state index in [9.17, 15) is 14.4 Å². The first-order valence-corrected chi connectivity index (χ1v) is 7.58. The van der Waals surface area contributed by atoms with Crippen LogP contribution in [0.4, 0.5) is 11.4 Å². The third-order valence-electron chi connectivity index (χ3n) is 3.64. The van der Waals surface area contributed by atoms with Crippen molar-refractivity contribution >= 4 is 29.0 Å². The van der Waals surface area contributed by atoms with Gasteiger partial charge in [-0.15, -0.1) is 0 Å². The molecule has 0 radical (unpaired) electrons. The molecule has 0 fully saturated rings. The predicted molar refractivity (Wildman–Crippen MR) is 89.4 cm³/mol. The number of Topliss-reactive ketones (excluding diaryl/α,β-unsaturated/α-hetero) is 1. The number of benzene rings is 2. The number of rotatable bonds is 5. The van der Waals surface area contributed by atoms with Gasteiger partial charge in [0.2, 0.25) is 5.91 Å². The average Bonchev–Trinajstić information content (AvgIpc) is 2.82. The van der Waals surface area contributed by atoms with Gasteiger partial charge in [0.15, 0.2) is 0 Å². The second-order valence-electron chi connectivity index (χ2n) is 5.21. The second-order valence-corrected chi connectivity index (χ2v) is 5.21. The standard InChI is InChI=1S/C18H16N2O4/c1-2-24-15-10-6-4-8-13(15)19-16(21)11-20-14-9-5-3-7-12(14)17(22)18(20)23/h3-10H,2,11H2,1H3,(H,19,21).